The first-order valence-electron chi connectivity index (χ1n) is 6.04. The zero-order valence-corrected chi connectivity index (χ0v) is 9.69. The molecule has 17 heavy (non-hydrogen) atoms. The number of phenols is 1. The predicted octanol–water partition coefficient (Wildman–Crippen LogP) is 2.70. The van der Waals surface area contributed by atoms with Crippen molar-refractivity contribution in [2.75, 3.05) is 13.2 Å². The zero-order chi connectivity index (χ0) is 11.7. The van der Waals surface area contributed by atoms with Gasteiger partial charge in [-0.1, -0.05) is 18.2 Å². The molecule has 1 spiro atoms. The lowest BCUT2D eigenvalue weighted by molar-refractivity contribution is -0.159. The first-order valence-corrected chi connectivity index (χ1v) is 6.04. The Morgan fingerprint density at radius 1 is 1.18 bits per heavy atom. The molecular weight excluding hydrogens is 216 g/mol. The van der Waals surface area contributed by atoms with Gasteiger partial charge in [0.05, 0.1) is 13.2 Å². The number of rotatable bonds is 1. The molecule has 0 saturated carbocycles. The minimum Gasteiger partial charge on any atom is -0.508 e. The molecule has 3 nitrogen and oxygen atoms in total. The van der Waals surface area contributed by atoms with Crippen LogP contribution < -0.4 is 0 Å². The molecule has 0 bridgehead atoms. The quantitative estimate of drug-likeness (QED) is 0.809. The van der Waals surface area contributed by atoms with Crippen LogP contribution in [-0.2, 0) is 9.47 Å². The van der Waals surface area contributed by atoms with Crippen LogP contribution in [0.1, 0.15) is 24.8 Å². The van der Waals surface area contributed by atoms with Crippen LogP contribution in [0.15, 0.2) is 30.3 Å². The molecule has 0 atom stereocenters. The summed E-state index contributed by atoms with van der Waals surface area (Å²) in [6, 6.07) is 7.40. The van der Waals surface area contributed by atoms with Crippen molar-refractivity contribution in [2.24, 2.45) is 0 Å². The van der Waals surface area contributed by atoms with E-state index in [1.807, 2.05) is 12.1 Å². The van der Waals surface area contributed by atoms with E-state index in [2.05, 4.69) is 6.08 Å². The van der Waals surface area contributed by atoms with Gasteiger partial charge >= 0.3 is 0 Å². The van der Waals surface area contributed by atoms with Crippen LogP contribution in [0.4, 0.5) is 0 Å². The number of benzene rings is 1. The summed E-state index contributed by atoms with van der Waals surface area (Å²) in [6.45, 7) is 1.41. The summed E-state index contributed by atoms with van der Waals surface area (Å²) in [6.07, 6.45) is 4.81. The maximum Gasteiger partial charge on any atom is 0.172 e. The lowest BCUT2D eigenvalue weighted by Crippen LogP contribution is -2.31. The molecule has 1 aliphatic heterocycles. The Morgan fingerprint density at radius 3 is 2.65 bits per heavy atom. The minimum absolute atomic E-state index is 0.317. The number of phenolic OH excluding ortho intramolecular Hbond substituents is 1. The molecule has 0 unspecified atom stereocenters. The van der Waals surface area contributed by atoms with E-state index in [-0.39, 0.29) is 5.79 Å². The van der Waals surface area contributed by atoms with Crippen molar-refractivity contribution < 1.29 is 14.6 Å². The van der Waals surface area contributed by atoms with Crippen LogP contribution >= 0.6 is 0 Å². The maximum atomic E-state index is 9.47. The predicted molar refractivity (Wildman–Crippen MR) is 64.6 cm³/mol. The Labute approximate surface area is 101 Å². The van der Waals surface area contributed by atoms with Gasteiger partial charge in [-0.15, -0.1) is 0 Å². The van der Waals surface area contributed by atoms with Crippen LogP contribution in [0.2, 0.25) is 0 Å². The number of hydrogen-bond donors (Lipinski definition) is 1. The fraction of sp³-hybridized carbons (Fsp3) is 0.429. The van der Waals surface area contributed by atoms with Crippen LogP contribution in [0.5, 0.6) is 5.75 Å². The number of ether oxygens (including phenoxy) is 2. The molecule has 0 radical (unpaired) electrons. The molecule has 2 aliphatic rings. The molecule has 1 aromatic rings. The molecule has 3 heteroatoms. The van der Waals surface area contributed by atoms with Gasteiger partial charge in [0.15, 0.2) is 5.79 Å². The van der Waals surface area contributed by atoms with E-state index in [0.717, 1.165) is 24.8 Å². The zero-order valence-electron chi connectivity index (χ0n) is 9.69. The standard InChI is InChI=1S/C14H16O3/c15-13-3-1-2-12(10-13)11-4-6-14(7-5-11)16-8-9-17-14/h1-4,10,15H,5-9H2. The Kier molecular flexibility index (Phi) is 2.65. The third-order valence-electron chi connectivity index (χ3n) is 3.47. The highest BCUT2D eigenvalue weighted by Gasteiger charge is 2.37. The number of hydrogen-bond acceptors (Lipinski definition) is 3. The molecule has 0 amide bonds. The first-order chi connectivity index (χ1) is 8.27. The second-order valence-electron chi connectivity index (χ2n) is 4.59. The van der Waals surface area contributed by atoms with Gasteiger partial charge in [0.25, 0.3) is 0 Å². The molecule has 1 aromatic carbocycles. The highest BCUT2D eigenvalue weighted by atomic mass is 16.7. The molecule has 1 N–H and O–H groups in total. The Bertz CT molecular complexity index is 445. The second-order valence-corrected chi connectivity index (χ2v) is 4.59. The fourth-order valence-electron chi connectivity index (χ4n) is 2.53. The lowest BCUT2D eigenvalue weighted by atomic mass is 9.90. The summed E-state index contributed by atoms with van der Waals surface area (Å²) in [5.41, 5.74) is 2.36. The van der Waals surface area contributed by atoms with Gasteiger partial charge in [0.2, 0.25) is 0 Å². The molecule has 3 rings (SSSR count). The van der Waals surface area contributed by atoms with Crippen LogP contribution in [-0.4, -0.2) is 24.1 Å². The Hall–Kier alpha value is -1.32. The van der Waals surface area contributed by atoms with Crippen LogP contribution in [0, 0.1) is 0 Å². The van der Waals surface area contributed by atoms with Gasteiger partial charge in [-0.25, -0.2) is 0 Å². The van der Waals surface area contributed by atoms with Crippen molar-refractivity contribution in [1.82, 2.24) is 0 Å². The van der Waals surface area contributed by atoms with Crippen molar-refractivity contribution >= 4 is 5.57 Å². The van der Waals surface area contributed by atoms with Gasteiger partial charge in [-0.3, -0.25) is 0 Å². The number of aromatic hydroxyl groups is 1. The summed E-state index contributed by atoms with van der Waals surface area (Å²) in [5.74, 6) is -0.0441. The van der Waals surface area contributed by atoms with Crippen LogP contribution in [0.25, 0.3) is 5.57 Å². The summed E-state index contributed by atoms with van der Waals surface area (Å²) < 4.78 is 11.3. The number of allylic oxidation sites excluding steroid dienone is 1. The normalized spacial score (nSPS) is 22.7. The van der Waals surface area contributed by atoms with E-state index in [9.17, 15) is 5.11 Å². The van der Waals surface area contributed by atoms with Crippen LogP contribution in [0.3, 0.4) is 0 Å². The van der Waals surface area contributed by atoms with E-state index >= 15 is 0 Å². The third kappa shape index (κ3) is 2.08. The summed E-state index contributed by atoms with van der Waals surface area (Å²) in [5, 5.41) is 9.47. The van der Waals surface area contributed by atoms with E-state index in [1.54, 1.807) is 12.1 Å². The molecular formula is C14H16O3. The third-order valence-corrected chi connectivity index (χ3v) is 3.47. The first kappa shape index (κ1) is 10.8. The smallest absolute Gasteiger partial charge is 0.172 e. The Morgan fingerprint density at radius 2 is 2.00 bits per heavy atom. The van der Waals surface area contributed by atoms with E-state index in [1.165, 1.54) is 5.57 Å². The van der Waals surface area contributed by atoms with Gasteiger partial charge in [-0.2, -0.15) is 0 Å². The van der Waals surface area contributed by atoms with Gasteiger partial charge in [0.1, 0.15) is 5.75 Å². The average molecular weight is 232 g/mol. The highest BCUT2D eigenvalue weighted by molar-refractivity contribution is 5.67. The SMILES string of the molecule is Oc1cccc(C2=CCC3(CC2)OCCO3)c1. The minimum atomic E-state index is -0.361. The average Bonchev–Trinajstić information content (AvgIpc) is 2.79. The Balaban J connectivity index is 1.80. The van der Waals surface area contributed by atoms with E-state index < -0.39 is 0 Å². The monoisotopic (exact) mass is 232 g/mol. The highest BCUT2D eigenvalue weighted by Crippen LogP contribution is 2.38. The molecule has 0 aromatic heterocycles. The lowest BCUT2D eigenvalue weighted by Gasteiger charge is -2.30. The second kappa shape index (κ2) is 4.17. The van der Waals surface area contributed by atoms with Crippen molar-refractivity contribution in [3.63, 3.8) is 0 Å². The van der Waals surface area contributed by atoms with Gasteiger partial charge < -0.3 is 14.6 Å². The molecule has 1 heterocycles. The van der Waals surface area contributed by atoms with Crippen molar-refractivity contribution in [3.05, 3.63) is 35.9 Å². The van der Waals surface area contributed by atoms with E-state index in [4.69, 9.17) is 9.47 Å². The van der Waals surface area contributed by atoms with Crippen molar-refractivity contribution in [2.45, 2.75) is 25.0 Å². The molecule has 1 saturated heterocycles. The molecule has 90 valence electrons. The van der Waals surface area contributed by atoms with E-state index in [0.29, 0.717) is 19.0 Å². The molecule has 1 aliphatic carbocycles. The fourth-order valence-corrected chi connectivity index (χ4v) is 2.53. The summed E-state index contributed by atoms with van der Waals surface area (Å²) >= 11 is 0. The summed E-state index contributed by atoms with van der Waals surface area (Å²) in [4.78, 5) is 0. The van der Waals surface area contributed by atoms with Crippen molar-refractivity contribution in [1.29, 1.82) is 0 Å². The largest absolute Gasteiger partial charge is 0.508 e. The summed E-state index contributed by atoms with van der Waals surface area (Å²) in [7, 11) is 0. The topological polar surface area (TPSA) is 38.7 Å². The molecule has 1 fully saturated rings. The van der Waals surface area contributed by atoms with Crippen molar-refractivity contribution in [3.8, 4) is 5.75 Å². The van der Waals surface area contributed by atoms with Gasteiger partial charge in [-0.05, 0) is 29.7 Å². The maximum absolute atomic E-state index is 9.47. The van der Waals surface area contributed by atoms with Gasteiger partial charge in [0, 0.05) is 12.8 Å².